The summed E-state index contributed by atoms with van der Waals surface area (Å²) in [6.07, 6.45) is 0.936. The van der Waals surface area contributed by atoms with Crippen LogP contribution in [-0.4, -0.2) is 22.1 Å². The molecule has 0 bridgehead atoms. The molecular weight excluding hydrogens is 424 g/mol. The summed E-state index contributed by atoms with van der Waals surface area (Å²) in [6.45, 7) is 6.36. The van der Waals surface area contributed by atoms with Crippen LogP contribution >= 0.6 is 0 Å². The average molecular weight is 451 g/mol. The molecule has 1 N–H and O–H groups in total. The lowest BCUT2D eigenvalue weighted by atomic mass is 9.86. The van der Waals surface area contributed by atoms with Gasteiger partial charge in [-0.25, -0.2) is 9.98 Å². The SMILES string of the molecule is CC(C)(C)c1cc(O)c2nc(Oc3cccc(C4=N[C@@H]5c6ccccc6C[C@@H]5O4)c3)ccc2c1. The summed E-state index contributed by atoms with van der Waals surface area (Å²) in [5, 5.41) is 11.5. The Kier molecular flexibility index (Phi) is 4.63. The van der Waals surface area contributed by atoms with Crippen molar-refractivity contribution in [3.05, 3.63) is 95.1 Å². The second-order valence-corrected chi connectivity index (χ2v) is 10.0. The van der Waals surface area contributed by atoms with Crippen molar-refractivity contribution >= 4 is 16.8 Å². The van der Waals surface area contributed by atoms with E-state index in [9.17, 15) is 5.11 Å². The highest BCUT2D eigenvalue weighted by molar-refractivity contribution is 5.96. The van der Waals surface area contributed by atoms with E-state index in [0.29, 0.717) is 23.0 Å². The molecule has 0 saturated heterocycles. The van der Waals surface area contributed by atoms with Crippen molar-refractivity contribution in [1.82, 2.24) is 4.98 Å². The largest absolute Gasteiger partial charge is 0.506 e. The quantitative estimate of drug-likeness (QED) is 0.388. The van der Waals surface area contributed by atoms with E-state index >= 15 is 0 Å². The van der Waals surface area contributed by atoms with Crippen LogP contribution in [0.2, 0.25) is 0 Å². The molecule has 1 aliphatic carbocycles. The van der Waals surface area contributed by atoms with Gasteiger partial charge < -0.3 is 14.6 Å². The Bertz CT molecular complexity index is 1450. The highest BCUT2D eigenvalue weighted by atomic mass is 16.5. The van der Waals surface area contributed by atoms with Gasteiger partial charge in [0.25, 0.3) is 0 Å². The molecule has 1 aliphatic heterocycles. The lowest BCUT2D eigenvalue weighted by molar-refractivity contribution is 0.206. The summed E-state index contributed by atoms with van der Waals surface area (Å²) in [4.78, 5) is 9.44. The van der Waals surface area contributed by atoms with Gasteiger partial charge in [0, 0.05) is 23.4 Å². The smallest absolute Gasteiger partial charge is 0.219 e. The van der Waals surface area contributed by atoms with Gasteiger partial charge in [-0.3, -0.25) is 0 Å². The standard InChI is InChI=1S/C29H26N2O3/c1-29(2,3)20-13-18-11-12-25(30-26(18)23(32)16-20)33-21-9-6-8-19(14-21)28-31-27-22-10-5-4-7-17(22)15-24(27)34-28/h4-14,16,24,27,32H,15H2,1-3H3/t24-,27+/m0/s1. The topological polar surface area (TPSA) is 63.9 Å². The highest BCUT2D eigenvalue weighted by Crippen LogP contribution is 2.41. The van der Waals surface area contributed by atoms with E-state index in [4.69, 9.17) is 14.5 Å². The van der Waals surface area contributed by atoms with Gasteiger partial charge in [-0.05, 0) is 58.5 Å². The summed E-state index contributed by atoms with van der Waals surface area (Å²) < 4.78 is 12.3. The normalized spacial score (nSPS) is 18.9. The van der Waals surface area contributed by atoms with E-state index < -0.39 is 0 Å². The molecule has 0 unspecified atom stereocenters. The fourth-order valence-electron chi connectivity index (χ4n) is 4.74. The number of ether oxygens (including phenoxy) is 2. The van der Waals surface area contributed by atoms with Crippen molar-refractivity contribution < 1.29 is 14.6 Å². The Hall–Kier alpha value is -3.86. The summed E-state index contributed by atoms with van der Waals surface area (Å²) in [5.41, 5.74) is 4.97. The molecule has 3 aromatic carbocycles. The van der Waals surface area contributed by atoms with Gasteiger partial charge in [-0.2, -0.15) is 0 Å². The maximum absolute atomic E-state index is 10.6. The molecule has 5 nitrogen and oxygen atoms in total. The first-order valence-electron chi connectivity index (χ1n) is 11.6. The maximum atomic E-state index is 10.6. The number of pyridine rings is 1. The zero-order chi connectivity index (χ0) is 23.4. The van der Waals surface area contributed by atoms with E-state index in [1.54, 1.807) is 6.07 Å². The predicted octanol–water partition coefficient (Wildman–Crippen LogP) is 6.47. The van der Waals surface area contributed by atoms with E-state index in [2.05, 4.69) is 56.1 Å². The van der Waals surface area contributed by atoms with Crippen molar-refractivity contribution in [2.45, 2.75) is 44.8 Å². The van der Waals surface area contributed by atoms with Crippen LogP contribution in [0.1, 0.15) is 49.1 Å². The molecule has 1 aromatic heterocycles. The third-order valence-electron chi connectivity index (χ3n) is 6.58. The van der Waals surface area contributed by atoms with Gasteiger partial charge in [0.05, 0.1) is 0 Å². The highest BCUT2D eigenvalue weighted by Gasteiger charge is 2.39. The zero-order valence-corrected chi connectivity index (χ0v) is 19.4. The third-order valence-corrected chi connectivity index (χ3v) is 6.58. The lowest BCUT2D eigenvalue weighted by Gasteiger charge is -2.20. The van der Waals surface area contributed by atoms with Crippen LogP contribution < -0.4 is 4.74 Å². The molecule has 0 radical (unpaired) electrons. The molecule has 2 aliphatic rings. The average Bonchev–Trinajstić information content (AvgIpc) is 3.37. The first-order chi connectivity index (χ1) is 16.3. The van der Waals surface area contributed by atoms with Crippen LogP contribution in [-0.2, 0) is 16.6 Å². The van der Waals surface area contributed by atoms with Crippen LogP contribution in [0.5, 0.6) is 17.4 Å². The maximum Gasteiger partial charge on any atom is 0.219 e. The number of hydrogen-bond acceptors (Lipinski definition) is 5. The van der Waals surface area contributed by atoms with Crippen LogP contribution in [0.4, 0.5) is 0 Å². The zero-order valence-electron chi connectivity index (χ0n) is 19.4. The van der Waals surface area contributed by atoms with Gasteiger partial charge in [0.1, 0.15) is 29.2 Å². The minimum atomic E-state index is -0.0626. The number of benzene rings is 3. The van der Waals surface area contributed by atoms with E-state index in [1.807, 2.05) is 36.4 Å². The first kappa shape index (κ1) is 20.7. The van der Waals surface area contributed by atoms with Crippen molar-refractivity contribution in [3.8, 4) is 17.4 Å². The summed E-state index contributed by atoms with van der Waals surface area (Å²) in [6, 6.07) is 23.8. The Morgan fingerprint density at radius 3 is 2.68 bits per heavy atom. The Morgan fingerprint density at radius 1 is 0.971 bits per heavy atom. The number of phenols is 1. The summed E-state index contributed by atoms with van der Waals surface area (Å²) in [5.74, 6) is 1.86. The Morgan fingerprint density at radius 2 is 1.82 bits per heavy atom. The van der Waals surface area contributed by atoms with Crippen LogP contribution in [0.15, 0.2) is 77.8 Å². The lowest BCUT2D eigenvalue weighted by Crippen LogP contribution is -2.13. The van der Waals surface area contributed by atoms with Gasteiger partial charge in [0.2, 0.25) is 11.8 Å². The molecule has 5 heteroatoms. The number of fused-ring (bicyclic) bond motifs is 4. The van der Waals surface area contributed by atoms with E-state index in [-0.39, 0.29) is 23.3 Å². The fourth-order valence-corrected chi connectivity index (χ4v) is 4.74. The third kappa shape index (κ3) is 3.58. The fraction of sp³-hybridized carbons (Fsp3) is 0.241. The molecule has 2 heterocycles. The number of hydrogen-bond donors (Lipinski definition) is 1. The van der Waals surface area contributed by atoms with Gasteiger partial charge in [-0.15, -0.1) is 0 Å². The number of aromatic hydroxyl groups is 1. The molecule has 34 heavy (non-hydrogen) atoms. The molecule has 170 valence electrons. The van der Waals surface area contributed by atoms with Crippen molar-refractivity contribution in [1.29, 1.82) is 0 Å². The first-order valence-corrected chi connectivity index (χ1v) is 11.6. The number of nitrogens with zero attached hydrogens (tertiary/aromatic N) is 2. The Labute approximate surface area is 198 Å². The van der Waals surface area contributed by atoms with E-state index in [0.717, 1.165) is 22.9 Å². The number of rotatable bonds is 3. The molecule has 0 amide bonds. The Balaban J connectivity index is 1.27. The molecule has 4 aromatic rings. The van der Waals surface area contributed by atoms with Crippen molar-refractivity contribution in [3.63, 3.8) is 0 Å². The molecule has 0 fully saturated rings. The summed E-state index contributed by atoms with van der Waals surface area (Å²) in [7, 11) is 0. The minimum Gasteiger partial charge on any atom is -0.506 e. The molecule has 2 atom stereocenters. The second kappa shape index (κ2) is 7.59. The molecule has 0 spiro atoms. The number of aromatic nitrogens is 1. The van der Waals surface area contributed by atoms with Crippen LogP contribution in [0.3, 0.4) is 0 Å². The van der Waals surface area contributed by atoms with Crippen LogP contribution in [0, 0.1) is 0 Å². The number of aliphatic imine (C=N–C) groups is 1. The van der Waals surface area contributed by atoms with Gasteiger partial charge in [-0.1, -0.05) is 51.1 Å². The molecule has 0 saturated carbocycles. The predicted molar refractivity (Wildman–Crippen MR) is 133 cm³/mol. The van der Waals surface area contributed by atoms with Gasteiger partial charge >= 0.3 is 0 Å². The van der Waals surface area contributed by atoms with E-state index in [1.165, 1.54) is 11.1 Å². The second-order valence-electron chi connectivity index (χ2n) is 10.0. The van der Waals surface area contributed by atoms with Crippen molar-refractivity contribution in [2.75, 3.05) is 0 Å². The van der Waals surface area contributed by atoms with Gasteiger partial charge in [0.15, 0.2) is 0 Å². The monoisotopic (exact) mass is 450 g/mol. The minimum absolute atomic E-state index is 0.0545. The molecular formula is C29H26N2O3. The van der Waals surface area contributed by atoms with Crippen molar-refractivity contribution in [2.24, 2.45) is 4.99 Å². The van der Waals surface area contributed by atoms with Crippen LogP contribution in [0.25, 0.3) is 10.9 Å². The molecule has 6 rings (SSSR count). The summed E-state index contributed by atoms with van der Waals surface area (Å²) >= 11 is 0. The number of phenolic OH excluding ortho intramolecular Hbond substituents is 1.